The molecule has 0 spiro atoms. The van der Waals surface area contributed by atoms with Crippen LogP contribution in [0.25, 0.3) is 0 Å². The maximum atomic E-state index is 13.1. The highest BCUT2D eigenvalue weighted by atomic mass is 79.9. The molecule has 11 heteroatoms. The molecule has 0 heterocycles. The number of rotatable bonds is 4. The summed E-state index contributed by atoms with van der Waals surface area (Å²) in [5, 5.41) is 0. The van der Waals surface area contributed by atoms with Crippen molar-refractivity contribution in [1.82, 2.24) is 0 Å². The molecule has 0 amide bonds. The SMILES string of the molecule is O=P(Oc1ccc(Br)cc1Br)(Oc1ccc(Br)cc1Br)C(Cl)(Cl)Cl. The smallest absolute Gasteiger partial charge is 0.412 e. The van der Waals surface area contributed by atoms with Crippen LogP contribution in [0.2, 0.25) is 0 Å². The van der Waals surface area contributed by atoms with Crippen molar-refractivity contribution in [3.8, 4) is 11.5 Å². The van der Waals surface area contributed by atoms with Crippen molar-refractivity contribution < 1.29 is 13.6 Å². The van der Waals surface area contributed by atoms with Gasteiger partial charge in [0.15, 0.2) is 0 Å². The van der Waals surface area contributed by atoms with E-state index < -0.39 is 11.1 Å². The first-order chi connectivity index (χ1) is 11.0. The quantitative estimate of drug-likeness (QED) is 0.242. The van der Waals surface area contributed by atoms with E-state index in [1.807, 2.05) is 0 Å². The summed E-state index contributed by atoms with van der Waals surface area (Å²) in [6.07, 6.45) is 0. The maximum Gasteiger partial charge on any atom is 0.482 e. The van der Waals surface area contributed by atoms with Crippen LogP contribution in [0.4, 0.5) is 0 Å². The standard InChI is InChI=1S/C13H6Br4Cl3O3P/c14-7-1-3-11(9(16)5-7)22-24(21,13(18,19)20)23-12-4-2-8(15)6-10(12)17/h1-6H. The molecule has 24 heavy (non-hydrogen) atoms. The van der Waals surface area contributed by atoms with Gasteiger partial charge in [0, 0.05) is 8.95 Å². The topological polar surface area (TPSA) is 35.5 Å². The summed E-state index contributed by atoms with van der Waals surface area (Å²) in [6.45, 7) is 0. The van der Waals surface area contributed by atoms with Gasteiger partial charge in [-0.15, -0.1) is 0 Å². The second-order valence-corrected chi connectivity index (χ2v) is 12.9. The first-order valence-electron chi connectivity index (χ1n) is 5.98. The van der Waals surface area contributed by atoms with Gasteiger partial charge in [-0.05, 0) is 68.3 Å². The summed E-state index contributed by atoms with van der Waals surface area (Å²) in [7, 11) is -4.23. The van der Waals surface area contributed by atoms with Crippen LogP contribution < -0.4 is 9.05 Å². The lowest BCUT2D eigenvalue weighted by Gasteiger charge is -2.26. The highest BCUT2D eigenvalue weighted by molar-refractivity contribution is 9.11. The van der Waals surface area contributed by atoms with Gasteiger partial charge in [0.05, 0.1) is 8.95 Å². The van der Waals surface area contributed by atoms with Crippen molar-refractivity contribution in [3.05, 3.63) is 54.3 Å². The molecule has 0 N–H and O–H groups in total. The van der Waals surface area contributed by atoms with Crippen LogP contribution in [0.15, 0.2) is 54.3 Å². The van der Waals surface area contributed by atoms with Crippen LogP contribution in [-0.2, 0) is 4.57 Å². The molecular weight excluding hydrogens is 661 g/mol. The molecule has 3 nitrogen and oxygen atoms in total. The lowest BCUT2D eigenvalue weighted by atomic mass is 10.3. The van der Waals surface area contributed by atoms with E-state index in [2.05, 4.69) is 63.7 Å². The second kappa shape index (κ2) is 8.39. The van der Waals surface area contributed by atoms with Crippen LogP contribution in [0.3, 0.4) is 0 Å². The molecule has 0 saturated carbocycles. The number of halogens is 7. The Bertz CT molecular complexity index is 756. The average molecular weight is 667 g/mol. The minimum absolute atomic E-state index is 0.209. The minimum atomic E-state index is -4.23. The summed E-state index contributed by atoms with van der Waals surface area (Å²) in [4.78, 5) is 0. The highest BCUT2D eigenvalue weighted by Crippen LogP contribution is 2.66. The van der Waals surface area contributed by atoms with Gasteiger partial charge in [0.2, 0.25) is 0 Å². The average Bonchev–Trinajstić information content (AvgIpc) is 2.44. The zero-order valence-corrected chi connectivity index (χ0v) is 20.8. The van der Waals surface area contributed by atoms with E-state index in [-0.39, 0.29) is 11.5 Å². The van der Waals surface area contributed by atoms with Gasteiger partial charge in [0.25, 0.3) is 0 Å². The number of benzene rings is 2. The Morgan fingerprint density at radius 1 is 0.792 bits per heavy atom. The molecule has 2 rings (SSSR count). The van der Waals surface area contributed by atoms with E-state index in [1.165, 1.54) is 0 Å². The van der Waals surface area contributed by atoms with Gasteiger partial charge in [0.1, 0.15) is 11.5 Å². The van der Waals surface area contributed by atoms with E-state index in [4.69, 9.17) is 43.9 Å². The third kappa shape index (κ3) is 5.29. The van der Waals surface area contributed by atoms with Crippen molar-refractivity contribution in [2.24, 2.45) is 0 Å². The molecule has 0 aliphatic carbocycles. The van der Waals surface area contributed by atoms with Crippen LogP contribution in [-0.4, -0.2) is 3.53 Å². The molecule has 2 aromatic rings. The van der Waals surface area contributed by atoms with Crippen LogP contribution in [0.5, 0.6) is 11.5 Å². The number of alkyl halides is 3. The molecule has 130 valence electrons. The van der Waals surface area contributed by atoms with Crippen molar-refractivity contribution in [1.29, 1.82) is 0 Å². The molecule has 0 saturated heterocycles. The first-order valence-corrected chi connectivity index (χ1v) is 11.8. The van der Waals surface area contributed by atoms with E-state index in [9.17, 15) is 4.57 Å². The second-order valence-electron chi connectivity index (χ2n) is 4.30. The zero-order valence-electron chi connectivity index (χ0n) is 11.3. The van der Waals surface area contributed by atoms with Gasteiger partial charge < -0.3 is 9.05 Å². The van der Waals surface area contributed by atoms with Crippen LogP contribution in [0.1, 0.15) is 0 Å². The molecule has 0 bridgehead atoms. The van der Waals surface area contributed by atoms with Crippen molar-refractivity contribution in [3.63, 3.8) is 0 Å². The molecule has 0 aliphatic heterocycles. The van der Waals surface area contributed by atoms with Crippen molar-refractivity contribution >= 4 is 106 Å². The van der Waals surface area contributed by atoms with Crippen LogP contribution in [0, 0.1) is 0 Å². The largest absolute Gasteiger partial charge is 0.482 e. The predicted molar refractivity (Wildman–Crippen MR) is 113 cm³/mol. The number of hydrogen-bond acceptors (Lipinski definition) is 3. The normalized spacial score (nSPS) is 12.1. The Kier molecular flexibility index (Phi) is 7.46. The Morgan fingerprint density at radius 2 is 1.17 bits per heavy atom. The summed E-state index contributed by atoms with van der Waals surface area (Å²) in [5.74, 6) is 0.419. The third-order valence-electron chi connectivity index (χ3n) is 2.54. The Morgan fingerprint density at radius 3 is 1.46 bits per heavy atom. The number of hydrogen-bond donors (Lipinski definition) is 0. The van der Waals surface area contributed by atoms with Gasteiger partial charge in [-0.2, -0.15) is 0 Å². The van der Waals surface area contributed by atoms with E-state index in [0.717, 1.165) is 8.95 Å². The zero-order chi connectivity index (χ0) is 18.1. The molecule has 0 unspecified atom stereocenters. The Hall–Kier alpha value is 1.06. The molecule has 0 fully saturated rings. The van der Waals surface area contributed by atoms with Gasteiger partial charge in [-0.3, -0.25) is 0 Å². The summed E-state index contributed by atoms with van der Waals surface area (Å²) in [5.41, 5.74) is 0. The Balaban J connectivity index is 2.41. The summed E-state index contributed by atoms with van der Waals surface area (Å²) < 4.78 is 24.4. The molecule has 2 aromatic carbocycles. The fourth-order valence-electron chi connectivity index (χ4n) is 1.48. The predicted octanol–water partition coefficient (Wildman–Crippen LogP) is 8.72. The van der Waals surface area contributed by atoms with Crippen molar-refractivity contribution in [2.45, 2.75) is 3.53 Å². The lowest BCUT2D eigenvalue weighted by molar-refractivity contribution is 0.384. The van der Waals surface area contributed by atoms with Gasteiger partial charge in [-0.25, -0.2) is 4.57 Å². The highest BCUT2D eigenvalue weighted by Gasteiger charge is 2.51. The Labute approximate surface area is 187 Å². The first kappa shape index (κ1) is 21.4. The third-order valence-corrected chi connectivity index (χ3v) is 8.12. The fraction of sp³-hybridized carbons (Fsp3) is 0.0769. The van der Waals surface area contributed by atoms with Crippen molar-refractivity contribution in [2.75, 3.05) is 0 Å². The maximum absolute atomic E-state index is 13.1. The molecular formula is C13H6Br4Cl3O3P. The van der Waals surface area contributed by atoms with E-state index >= 15 is 0 Å². The van der Waals surface area contributed by atoms with E-state index in [0.29, 0.717) is 8.95 Å². The molecule has 0 aliphatic rings. The fourth-order valence-corrected chi connectivity index (χ4v) is 5.69. The lowest BCUT2D eigenvalue weighted by Crippen LogP contribution is -2.15. The molecule has 0 atom stereocenters. The molecule has 0 radical (unpaired) electrons. The summed E-state index contributed by atoms with van der Waals surface area (Å²) in [6, 6.07) is 9.92. The van der Waals surface area contributed by atoms with Gasteiger partial charge in [-0.1, -0.05) is 66.7 Å². The summed E-state index contributed by atoms with van der Waals surface area (Å²) >= 11 is 30.8. The van der Waals surface area contributed by atoms with Gasteiger partial charge >= 0.3 is 11.1 Å². The minimum Gasteiger partial charge on any atom is -0.412 e. The van der Waals surface area contributed by atoms with Crippen LogP contribution >= 0.6 is 106 Å². The monoisotopic (exact) mass is 662 g/mol. The van der Waals surface area contributed by atoms with E-state index in [1.54, 1.807) is 36.4 Å². The molecule has 0 aromatic heterocycles.